The zero-order valence-corrected chi connectivity index (χ0v) is 18.8. The van der Waals surface area contributed by atoms with Gasteiger partial charge in [0.15, 0.2) is 11.5 Å². The molecule has 0 aliphatic carbocycles. The van der Waals surface area contributed by atoms with Gasteiger partial charge in [-0.1, -0.05) is 36.4 Å². The van der Waals surface area contributed by atoms with Crippen molar-refractivity contribution < 1.29 is 28.5 Å². The summed E-state index contributed by atoms with van der Waals surface area (Å²) in [6.45, 7) is 2.94. The molecule has 0 saturated carbocycles. The van der Waals surface area contributed by atoms with Gasteiger partial charge in [0.2, 0.25) is 0 Å². The summed E-state index contributed by atoms with van der Waals surface area (Å²) in [6, 6.07) is 14.1. The summed E-state index contributed by atoms with van der Waals surface area (Å²) in [5, 5.41) is 5.47. The van der Waals surface area contributed by atoms with Crippen molar-refractivity contribution in [2.45, 2.75) is 38.5 Å². The number of esters is 1. The molecule has 4 rings (SSSR count). The maximum absolute atomic E-state index is 13.0. The number of methoxy groups -OCH3 is 1. The van der Waals surface area contributed by atoms with Crippen molar-refractivity contribution in [2.24, 2.45) is 0 Å². The van der Waals surface area contributed by atoms with Crippen LogP contribution in [0.5, 0.6) is 11.5 Å². The van der Waals surface area contributed by atoms with Crippen LogP contribution in [0.3, 0.4) is 0 Å². The number of amides is 2. The van der Waals surface area contributed by atoms with Gasteiger partial charge in [-0.3, -0.25) is 0 Å². The minimum atomic E-state index is -0.687. The quantitative estimate of drug-likeness (QED) is 0.594. The number of urea groups is 1. The molecule has 0 spiro atoms. The van der Waals surface area contributed by atoms with Gasteiger partial charge in [0.05, 0.1) is 24.8 Å². The summed E-state index contributed by atoms with van der Waals surface area (Å²) in [4.78, 5) is 25.1. The molecule has 2 N–H and O–H groups in total. The topological polar surface area (TPSA) is 95.1 Å². The Bertz CT molecular complexity index is 1030. The Labute approximate surface area is 192 Å². The molecule has 0 aromatic heterocycles. The summed E-state index contributed by atoms with van der Waals surface area (Å²) in [7, 11) is 1.55. The van der Waals surface area contributed by atoms with E-state index in [4.69, 9.17) is 18.9 Å². The SMILES string of the molecule is COc1cc(C2NC(=O)NC(C)=C2C(=O)OCC2CCCO2)ccc1OCc1ccccc1. The maximum atomic E-state index is 13.0. The van der Waals surface area contributed by atoms with Crippen LogP contribution in [-0.4, -0.2) is 38.4 Å². The number of hydrogen-bond acceptors (Lipinski definition) is 6. The van der Waals surface area contributed by atoms with E-state index in [1.54, 1.807) is 32.2 Å². The van der Waals surface area contributed by atoms with Crippen LogP contribution in [-0.2, 0) is 20.9 Å². The van der Waals surface area contributed by atoms with Crippen molar-refractivity contribution in [3.8, 4) is 11.5 Å². The van der Waals surface area contributed by atoms with Crippen molar-refractivity contribution >= 4 is 12.0 Å². The average molecular weight is 453 g/mol. The number of carbonyl (C=O) groups is 2. The summed E-state index contributed by atoms with van der Waals surface area (Å²) in [5.74, 6) is 0.568. The monoisotopic (exact) mass is 452 g/mol. The lowest BCUT2D eigenvalue weighted by Gasteiger charge is -2.28. The first-order chi connectivity index (χ1) is 16.0. The van der Waals surface area contributed by atoms with Gasteiger partial charge in [-0.25, -0.2) is 9.59 Å². The largest absolute Gasteiger partial charge is 0.493 e. The molecule has 2 aromatic carbocycles. The molecule has 0 radical (unpaired) electrons. The smallest absolute Gasteiger partial charge is 0.338 e. The van der Waals surface area contributed by atoms with E-state index in [-0.39, 0.29) is 12.7 Å². The van der Waals surface area contributed by atoms with Gasteiger partial charge in [0.25, 0.3) is 0 Å². The number of nitrogens with one attached hydrogen (secondary N) is 2. The molecule has 2 heterocycles. The minimum absolute atomic E-state index is 0.0828. The fourth-order valence-corrected chi connectivity index (χ4v) is 3.95. The predicted molar refractivity (Wildman–Crippen MR) is 121 cm³/mol. The van der Waals surface area contributed by atoms with Crippen LogP contribution in [0, 0.1) is 0 Å². The third-order valence-electron chi connectivity index (χ3n) is 5.67. The second-order valence-electron chi connectivity index (χ2n) is 7.99. The lowest BCUT2D eigenvalue weighted by atomic mass is 9.95. The predicted octanol–water partition coefficient (Wildman–Crippen LogP) is 3.62. The van der Waals surface area contributed by atoms with Gasteiger partial charge in [-0.05, 0) is 43.0 Å². The van der Waals surface area contributed by atoms with Crippen LogP contribution < -0.4 is 20.1 Å². The van der Waals surface area contributed by atoms with E-state index in [2.05, 4.69) is 10.6 Å². The first-order valence-corrected chi connectivity index (χ1v) is 11.0. The second kappa shape index (κ2) is 10.4. The Kier molecular flexibility index (Phi) is 7.14. The summed E-state index contributed by atoms with van der Waals surface area (Å²) in [6.07, 6.45) is 1.74. The highest BCUT2D eigenvalue weighted by molar-refractivity contribution is 5.95. The number of hydrogen-bond donors (Lipinski definition) is 2. The van der Waals surface area contributed by atoms with Crippen molar-refractivity contribution in [3.63, 3.8) is 0 Å². The molecule has 1 fully saturated rings. The van der Waals surface area contributed by atoms with Crippen LogP contribution in [0.2, 0.25) is 0 Å². The molecular weight excluding hydrogens is 424 g/mol. The molecule has 174 valence electrons. The van der Waals surface area contributed by atoms with E-state index >= 15 is 0 Å². The molecule has 8 heteroatoms. The summed E-state index contributed by atoms with van der Waals surface area (Å²) < 4.78 is 22.5. The van der Waals surface area contributed by atoms with E-state index in [0.29, 0.717) is 41.5 Å². The molecule has 2 unspecified atom stereocenters. The number of rotatable bonds is 8. The molecule has 2 atom stereocenters. The van der Waals surface area contributed by atoms with Gasteiger partial charge in [-0.15, -0.1) is 0 Å². The third kappa shape index (κ3) is 5.46. The molecule has 0 bridgehead atoms. The van der Waals surface area contributed by atoms with Crippen molar-refractivity contribution in [2.75, 3.05) is 20.3 Å². The number of carbonyl (C=O) groups excluding carboxylic acids is 2. The molecule has 2 aromatic rings. The zero-order chi connectivity index (χ0) is 23.2. The van der Waals surface area contributed by atoms with Crippen LogP contribution >= 0.6 is 0 Å². The fourth-order valence-electron chi connectivity index (χ4n) is 3.95. The van der Waals surface area contributed by atoms with Crippen LogP contribution in [0.4, 0.5) is 4.79 Å². The Morgan fingerprint density at radius 2 is 1.97 bits per heavy atom. The normalized spacial score (nSPS) is 20.1. The molecule has 2 amide bonds. The van der Waals surface area contributed by atoms with Gasteiger partial charge in [-0.2, -0.15) is 0 Å². The molecule has 2 aliphatic rings. The number of allylic oxidation sites excluding steroid dienone is 1. The van der Waals surface area contributed by atoms with E-state index < -0.39 is 18.0 Å². The highest BCUT2D eigenvalue weighted by Gasteiger charge is 2.33. The Hall–Kier alpha value is -3.52. The van der Waals surface area contributed by atoms with E-state index in [1.807, 2.05) is 30.3 Å². The fraction of sp³-hybridized carbons (Fsp3) is 0.360. The second-order valence-corrected chi connectivity index (χ2v) is 7.99. The van der Waals surface area contributed by atoms with Crippen molar-refractivity contribution in [3.05, 3.63) is 70.9 Å². The van der Waals surface area contributed by atoms with Gasteiger partial charge >= 0.3 is 12.0 Å². The van der Waals surface area contributed by atoms with Crippen LogP contribution in [0.25, 0.3) is 0 Å². The highest BCUT2D eigenvalue weighted by atomic mass is 16.6. The molecule has 8 nitrogen and oxygen atoms in total. The van der Waals surface area contributed by atoms with E-state index in [9.17, 15) is 9.59 Å². The third-order valence-corrected chi connectivity index (χ3v) is 5.67. The molecule has 1 saturated heterocycles. The van der Waals surface area contributed by atoms with E-state index in [0.717, 1.165) is 18.4 Å². The summed E-state index contributed by atoms with van der Waals surface area (Å²) >= 11 is 0. The zero-order valence-electron chi connectivity index (χ0n) is 18.8. The Balaban J connectivity index is 1.53. The number of ether oxygens (including phenoxy) is 4. The molecule has 2 aliphatic heterocycles. The van der Waals surface area contributed by atoms with Crippen LogP contribution in [0.15, 0.2) is 59.8 Å². The average Bonchev–Trinajstić information content (AvgIpc) is 3.35. The van der Waals surface area contributed by atoms with Crippen LogP contribution in [0.1, 0.15) is 36.9 Å². The summed E-state index contributed by atoms with van der Waals surface area (Å²) in [5.41, 5.74) is 2.50. The Morgan fingerprint density at radius 1 is 1.15 bits per heavy atom. The molecular formula is C25H28N2O6. The first kappa shape index (κ1) is 22.7. The maximum Gasteiger partial charge on any atom is 0.338 e. The number of benzene rings is 2. The van der Waals surface area contributed by atoms with Gasteiger partial charge < -0.3 is 29.6 Å². The lowest BCUT2D eigenvalue weighted by Crippen LogP contribution is -2.45. The standard InChI is InChI=1S/C25H28N2O6/c1-16-22(24(28)33-15-19-9-6-12-31-19)23(27-25(29)26-16)18-10-11-20(21(13-18)30-2)32-14-17-7-4-3-5-8-17/h3-5,7-8,10-11,13,19,23H,6,9,12,14-15H2,1-2H3,(H2,26,27,29). The van der Waals surface area contributed by atoms with Gasteiger partial charge in [0.1, 0.15) is 13.2 Å². The van der Waals surface area contributed by atoms with E-state index in [1.165, 1.54) is 0 Å². The highest BCUT2D eigenvalue weighted by Crippen LogP contribution is 2.35. The van der Waals surface area contributed by atoms with Crippen molar-refractivity contribution in [1.29, 1.82) is 0 Å². The van der Waals surface area contributed by atoms with Crippen molar-refractivity contribution in [1.82, 2.24) is 10.6 Å². The minimum Gasteiger partial charge on any atom is -0.493 e. The van der Waals surface area contributed by atoms with Gasteiger partial charge in [0, 0.05) is 12.3 Å². The molecule has 33 heavy (non-hydrogen) atoms. The first-order valence-electron chi connectivity index (χ1n) is 11.0. The Morgan fingerprint density at radius 3 is 2.70 bits per heavy atom. The lowest BCUT2D eigenvalue weighted by molar-refractivity contribution is -0.142.